The van der Waals surface area contributed by atoms with E-state index < -0.39 is 18.0 Å². The summed E-state index contributed by atoms with van der Waals surface area (Å²) in [4.78, 5) is 14.3. The first-order chi connectivity index (χ1) is 7.04. The Balaban J connectivity index is 2.85. The largest absolute Gasteiger partial charge is 0.469 e. The van der Waals surface area contributed by atoms with E-state index in [-0.39, 0.29) is 12.0 Å². The Bertz CT molecular complexity index is 372. The van der Waals surface area contributed by atoms with E-state index in [9.17, 15) is 14.3 Å². The molecule has 0 aliphatic heterocycles. The third-order valence-electron chi connectivity index (χ3n) is 1.78. The maximum absolute atomic E-state index is 13.1. The number of aromatic nitrogens is 1. The lowest BCUT2D eigenvalue weighted by molar-refractivity contribution is -0.142. The Morgan fingerprint density at radius 2 is 2.47 bits per heavy atom. The number of hydrogen-bond acceptors (Lipinski definition) is 4. The van der Waals surface area contributed by atoms with Gasteiger partial charge in [-0.15, -0.1) is 0 Å². The van der Waals surface area contributed by atoms with Crippen molar-refractivity contribution < 1.29 is 19.0 Å². The molecular weight excluding hydrogens is 269 g/mol. The number of aliphatic hydroxyl groups is 1. The second-order valence-electron chi connectivity index (χ2n) is 2.83. The fourth-order valence-corrected chi connectivity index (χ4v) is 1.37. The molecule has 1 heterocycles. The van der Waals surface area contributed by atoms with E-state index in [4.69, 9.17) is 0 Å². The number of ether oxygens (including phenoxy) is 1. The molecule has 1 unspecified atom stereocenters. The molecule has 4 nitrogen and oxygen atoms in total. The first-order valence-corrected chi connectivity index (χ1v) is 4.89. The topological polar surface area (TPSA) is 59.4 Å². The van der Waals surface area contributed by atoms with Gasteiger partial charge in [0.2, 0.25) is 5.95 Å². The number of hydrogen-bond donors (Lipinski definition) is 1. The Kier molecular flexibility index (Phi) is 4.16. The van der Waals surface area contributed by atoms with Crippen molar-refractivity contribution in [1.29, 1.82) is 0 Å². The zero-order valence-electron chi connectivity index (χ0n) is 7.91. The molecule has 1 aromatic heterocycles. The molecule has 0 aliphatic rings. The van der Waals surface area contributed by atoms with Gasteiger partial charge in [0, 0.05) is 16.2 Å². The van der Waals surface area contributed by atoms with Gasteiger partial charge in [-0.3, -0.25) is 4.79 Å². The number of aliphatic hydroxyl groups excluding tert-OH is 1. The molecule has 0 amide bonds. The minimum Gasteiger partial charge on any atom is -0.469 e. The first kappa shape index (κ1) is 12.1. The zero-order chi connectivity index (χ0) is 11.4. The number of carbonyl (C=O) groups is 1. The average Bonchev–Trinajstić information content (AvgIpc) is 2.21. The van der Waals surface area contributed by atoms with Gasteiger partial charge in [-0.1, -0.05) is 0 Å². The molecular formula is C9H9BrFNO3. The van der Waals surface area contributed by atoms with Crippen LogP contribution in [0.3, 0.4) is 0 Å². The molecule has 15 heavy (non-hydrogen) atoms. The number of methoxy groups -OCH3 is 1. The standard InChI is InChI=1S/C9H9BrFNO3/c1-15-8(14)3-7(13)6-2-5(10)4-12-9(6)11/h2,4,7,13H,3H2,1H3. The van der Waals surface area contributed by atoms with Gasteiger partial charge in [0.1, 0.15) is 0 Å². The molecule has 0 saturated heterocycles. The van der Waals surface area contributed by atoms with E-state index in [2.05, 4.69) is 25.7 Å². The number of halogens is 2. The predicted molar refractivity (Wildman–Crippen MR) is 53.5 cm³/mol. The molecule has 0 aliphatic carbocycles. The average molecular weight is 278 g/mol. The summed E-state index contributed by atoms with van der Waals surface area (Å²) in [7, 11) is 1.20. The molecule has 0 aromatic carbocycles. The number of rotatable bonds is 3. The molecule has 1 atom stereocenters. The second kappa shape index (κ2) is 5.18. The van der Waals surface area contributed by atoms with E-state index in [1.54, 1.807) is 0 Å². The first-order valence-electron chi connectivity index (χ1n) is 4.10. The van der Waals surface area contributed by atoms with E-state index in [0.29, 0.717) is 4.47 Å². The van der Waals surface area contributed by atoms with Crippen LogP contribution in [0.1, 0.15) is 18.1 Å². The summed E-state index contributed by atoms with van der Waals surface area (Å²) in [5.74, 6) is -1.41. The summed E-state index contributed by atoms with van der Waals surface area (Å²) < 4.78 is 18.0. The Morgan fingerprint density at radius 3 is 3.07 bits per heavy atom. The van der Waals surface area contributed by atoms with Gasteiger partial charge in [-0.05, 0) is 22.0 Å². The minimum absolute atomic E-state index is 0.0326. The Hall–Kier alpha value is -1.01. The van der Waals surface area contributed by atoms with Gasteiger partial charge >= 0.3 is 5.97 Å². The second-order valence-corrected chi connectivity index (χ2v) is 3.75. The van der Waals surface area contributed by atoms with Crippen molar-refractivity contribution in [3.63, 3.8) is 0 Å². The minimum atomic E-state index is -1.25. The van der Waals surface area contributed by atoms with Gasteiger partial charge in [0.05, 0.1) is 19.6 Å². The number of pyridine rings is 1. The van der Waals surface area contributed by atoms with Crippen LogP contribution in [0.15, 0.2) is 16.7 Å². The van der Waals surface area contributed by atoms with Crippen LogP contribution < -0.4 is 0 Å². The highest BCUT2D eigenvalue weighted by atomic mass is 79.9. The van der Waals surface area contributed by atoms with E-state index >= 15 is 0 Å². The maximum Gasteiger partial charge on any atom is 0.308 e. The normalized spacial score (nSPS) is 12.3. The van der Waals surface area contributed by atoms with Crippen LogP contribution in [-0.2, 0) is 9.53 Å². The quantitative estimate of drug-likeness (QED) is 0.673. The van der Waals surface area contributed by atoms with Gasteiger partial charge in [-0.25, -0.2) is 4.98 Å². The third-order valence-corrected chi connectivity index (χ3v) is 2.21. The number of nitrogens with zero attached hydrogens (tertiary/aromatic N) is 1. The summed E-state index contributed by atoms with van der Waals surface area (Å²) >= 11 is 3.09. The van der Waals surface area contributed by atoms with Crippen LogP contribution in [0.25, 0.3) is 0 Å². The van der Waals surface area contributed by atoms with E-state index in [1.165, 1.54) is 19.4 Å². The molecule has 0 bridgehead atoms. The summed E-state index contributed by atoms with van der Waals surface area (Å²) in [6.07, 6.45) is -0.280. The lowest BCUT2D eigenvalue weighted by Crippen LogP contribution is -2.10. The molecule has 0 fully saturated rings. The van der Waals surface area contributed by atoms with Crippen molar-refractivity contribution in [2.24, 2.45) is 0 Å². The molecule has 1 aromatic rings. The van der Waals surface area contributed by atoms with Crippen molar-refractivity contribution in [2.75, 3.05) is 7.11 Å². The Labute approximate surface area is 94.2 Å². The van der Waals surface area contributed by atoms with Gasteiger partial charge < -0.3 is 9.84 Å². The van der Waals surface area contributed by atoms with E-state index in [0.717, 1.165) is 0 Å². The number of carbonyl (C=O) groups excluding carboxylic acids is 1. The predicted octanol–water partition coefficient (Wildman–Crippen LogP) is 1.58. The molecule has 0 spiro atoms. The maximum atomic E-state index is 13.1. The fraction of sp³-hybridized carbons (Fsp3) is 0.333. The summed E-state index contributed by atoms with van der Waals surface area (Å²) in [6, 6.07) is 1.37. The Morgan fingerprint density at radius 1 is 1.80 bits per heavy atom. The highest BCUT2D eigenvalue weighted by Gasteiger charge is 2.18. The van der Waals surface area contributed by atoms with Crippen molar-refractivity contribution in [1.82, 2.24) is 4.98 Å². The van der Waals surface area contributed by atoms with E-state index in [1.807, 2.05) is 0 Å². The molecule has 6 heteroatoms. The zero-order valence-corrected chi connectivity index (χ0v) is 9.49. The lowest BCUT2D eigenvalue weighted by Gasteiger charge is -2.09. The fourth-order valence-electron chi connectivity index (χ4n) is 1.02. The van der Waals surface area contributed by atoms with Crippen molar-refractivity contribution >= 4 is 21.9 Å². The monoisotopic (exact) mass is 277 g/mol. The van der Waals surface area contributed by atoms with Gasteiger partial charge in [0.15, 0.2) is 0 Å². The molecule has 1 N–H and O–H groups in total. The SMILES string of the molecule is COC(=O)CC(O)c1cc(Br)cnc1F. The van der Waals surface area contributed by atoms with Crippen LogP contribution in [0.2, 0.25) is 0 Å². The van der Waals surface area contributed by atoms with Crippen LogP contribution in [0.5, 0.6) is 0 Å². The molecule has 1 rings (SSSR count). The van der Waals surface area contributed by atoms with Crippen LogP contribution in [-0.4, -0.2) is 23.2 Å². The summed E-state index contributed by atoms with van der Waals surface area (Å²) in [5, 5.41) is 9.53. The van der Waals surface area contributed by atoms with Crippen molar-refractivity contribution in [2.45, 2.75) is 12.5 Å². The van der Waals surface area contributed by atoms with Gasteiger partial charge in [0.25, 0.3) is 0 Å². The molecule has 0 radical (unpaired) electrons. The van der Waals surface area contributed by atoms with Gasteiger partial charge in [-0.2, -0.15) is 4.39 Å². The van der Waals surface area contributed by atoms with Crippen LogP contribution >= 0.6 is 15.9 Å². The lowest BCUT2D eigenvalue weighted by atomic mass is 10.1. The summed E-state index contributed by atoms with van der Waals surface area (Å²) in [5.41, 5.74) is -0.0326. The summed E-state index contributed by atoms with van der Waals surface area (Å²) in [6.45, 7) is 0. The molecule has 82 valence electrons. The van der Waals surface area contributed by atoms with Crippen molar-refractivity contribution in [3.05, 3.63) is 28.2 Å². The number of esters is 1. The van der Waals surface area contributed by atoms with Crippen molar-refractivity contribution in [3.8, 4) is 0 Å². The molecule has 0 saturated carbocycles. The highest BCUT2D eigenvalue weighted by molar-refractivity contribution is 9.10. The van der Waals surface area contributed by atoms with Crippen LogP contribution in [0, 0.1) is 5.95 Å². The van der Waals surface area contributed by atoms with Crippen LogP contribution in [0.4, 0.5) is 4.39 Å². The third kappa shape index (κ3) is 3.24. The smallest absolute Gasteiger partial charge is 0.308 e. The highest BCUT2D eigenvalue weighted by Crippen LogP contribution is 2.22.